The molecule has 6 heteroatoms. The molecule has 0 aromatic carbocycles. The summed E-state index contributed by atoms with van der Waals surface area (Å²) in [5.41, 5.74) is 1.53. The minimum Gasteiger partial charge on any atom is -0.314 e. The van der Waals surface area contributed by atoms with Gasteiger partial charge >= 0.3 is 0 Å². The third-order valence-electron chi connectivity index (χ3n) is 5.13. The van der Waals surface area contributed by atoms with Crippen LogP contribution in [0.3, 0.4) is 0 Å². The van der Waals surface area contributed by atoms with E-state index in [0.29, 0.717) is 12.2 Å². The molecule has 0 unspecified atom stereocenters. The standard InChI is InChI=1S/C16H21N5O/c22-15-13(10-18-14-4-3-7-19-21(14)15)11-20-9-8-17-12-16(20)5-1-2-6-16/h3-4,7,10,17H,1-2,5-6,8-9,11-12H2. The molecule has 0 radical (unpaired) electrons. The molecule has 1 aliphatic heterocycles. The second kappa shape index (κ2) is 5.44. The molecule has 1 saturated heterocycles. The molecule has 1 aliphatic carbocycles. The van der Waals surface area contributed by atoms with Crippen molar-refractivity contribution in [2.24, 2.45) is 0 Å². The summed E-state index contributed by atoms with van der Waals surface area (Å²) in [6, 6.07) is 3.60. The van der Waals surface area contributed by atoms with E-state index >= 15 is 0 Å². The Morgan fingerprint density at radius 3 is 3.05 bits per heavy atom. The fourth-order valence-corrected chi connectivity index (χ4v) is 3.92. The van der Waals surface area contributed by atoms with Gasteiger partial charge in [0.15, 0.2) is 5.65 Å². The number of nitrogens with one attached hydrogen (secondary N) is 1. The van der Waals surface area contributed by atoms with Crippen LogP contribution in [0.2, 0.25) is 0 Å². The summed E-state index contributed by atoms with van der Waals surface area (Å²) in [7, 11) is 0. The lowest BCUT2D eigenvalue weighted by Crippen LogP contribution is -2.59. The molecule has 0 bridgehead atoms. The van der Waals surface area contributed by atoms with Crippen molar-refractivity contribution >= 4 is 5.65 Å². The SMILES string of the molecule is O=c1c(CN2CCNCC23CCCC3)cnc2cccnn12. The van der Waals surface area contributed by atoms with Gasteiger partial charge in [-0.2, -0.15) is 9.61 Å². The van der Waals surface area contributed by atoms with E-state index < -0.39 is 0 Å². The highest BCUT2D eigenvalue weighted by molar-refractivity contribution is 5.35. The van der Waals surface area contributed by atoms with Crippen LogP contribution in [0, 0.1) is 0 Å². The maximum absolute atomic E-state index is 12.6. The number of fused-ring (bicyclic) bond motifs is 1. The molecule has 116 valence electrons. The molecule has 22 heavy (non-hydrogen) atoms. The molecule has 1 spiro atoms. The summed E-state index contributed by atoms with van der Waals surface area (Å²) in [6.45, 7) is 3.69. The third-order valence-corrected chi connectivity index (χ3v) is 5.13. The van der Waals surface area contributed by atoms with Gasteiger partial charge in [-0.25, -0.2) is 4.98 Å². The quantitative estimate of drug-likeness (QED) is 0.889. The molecule has 1 saturated carbocycles. The summed E-state index contributed by atoms with van der Waals surface area (Å²) in [6.07, 6.45) is 8.37. The number of aromatic nitrogens is 3. The summed E-state index contributed by atoms with van der Waals surface area (Å²) < 4.78 is 1.40. The Morgan fingerprint density at radius 1 is 1.32 bits per heavy atom. The number of hydrogen-bond donors (Lipinski definition) is 1. The second-order valence-electron chi connectivity index (χ2n) is 6.41. The monoisotopic (exact) mass is 299 g/mol. The summed E-state index contributed by atoms with van der Waals surface area (Å²) in [5, 5.41) is 7.66. The topological polar surface area (TPSA) is 62.5 Å². The van der Waals surface area contributed by atoms with Crippen LogP contribution in [0.25, 0.3) is 5.65 Å². The Labute approximate surface area is 129 Å². The van der Waals surface area contributed by atoms with Crippen LogP contribution in [0.1, 0.15) is 31.2 Å². The smallest absolute Gasteiger partial charge is 0.278 e. The van der Waals surface area contributed by atoms with Gasteiger partial charge in [-0.05, 0) is 25.0 Å². The van der Waals surface area contributed by atoms with Gasteiger partial charge in [0.1, 0.15) is 0 Å². The Morgan fingerprint density at radius 2 is 2.18 bits per heavy atom. The summed E-state index contributed by atoms with van der Waals surface area (Å²) >= 11 is 0. The first-order valence-corrected chi connectivity index (χ1v) is 8.06. The fraction of sp³-hybridized carbons (Fsp3) is 0.562. The highest BCUT2D eigenvalue weighted by atomic mass is 16.1. The molecule has 2 aliphatic rings. The summed E-state index contributed by atoms with van der Waals surface area (Å²) in [5.74, 6) is 0. The average molecular weight is 299 g/mol. The number of rotatable bonds is 2. The van der Waals surface area contributed by atoms with E-state index in [1.807, 2.05) is 6.07 Å². The largest absolute Gasteiger partial charge is 0.314 e. The van der Waals surface area contributed by atoms with E-state index in [1.165, 1.54) is 30.2 Å². The molecule has 2 aromatic heterocycles. The van der Waals surface area contributed by atoms with Gasteiger partial charge in [-0.3, -0.25) is 9.69 Å². The molecule has 2 aromatic rings. The molecular formula is C16H21N5O. The Kier molecular flexibility index (Phi) is 3.43. The molecule has 4 rings (SSSR count). The van der Waals surface area contributed by atoms with E-state index in [9.17, 15) is 4.79 Å². The van der Waals surface area contributed by atoms with Crippen LogP contribution in [0.4, 0.5) is 0 Å². The van der Waals surface area contributed by atoms with Crippen molar-refractivity contribution in [3.05, 3.63) is 40.4 Å². The highest BCUT2D eigenvalue weighted by Crippen LogP contribution is 2.36. The van der Waals surface area contributed by atoms with Crippen molar-refractivity contribution in [1.29, 1.82) is 0 Å². The molecular weight excluding hydrogens is 278 g/mol. The van der Waals surface area contributed by atoms with Crippen molar-refractivity contribution in [2.75, 3.05) is 19.6 Å². The molecule has 6 nitrogen and oxygen atoms in total. The molecule has 3 heterocycles. The zero-order chi connectivity index (χ0) is 15.0. The van der Waals surface area contributed by atoms with Gasteiger partial charge in [0.05, 0.1) is 5.56 Å². The van der Waals surface area contributed by atoms with Crippen LogP contribution in [-0.2, 0) is 6.54 Å². The van der Waals surface area contributed by atoms with Crippen LogP contribution < -0.4 is 10.9 Å². The van der Waals surface area contributed by atoms with Gasteiger partial charge in [-0.1, -0.05) is 12.8 Å². The lowest BCUT2D eigenvalue weighted by atomic mass is 9.92. The lowest BCUT2D eigenvalue weighted by molar-refractivity contribution is 0.0567. The number of nitrogens with zero attached hydrogens (tertiary/aromatic N) is 4. The molecule has 0 atom stereocenters. The van der Waals surface area contributed by atoms with Crippen molar-refractivity contribution in [3.8, 4) is 0 Å². The average Bonchev–Trinajstić information content (AvgIpc) is 3.02. The zero-order valence-electron chi connectivity index (χ0n) is 12.7. The van der Waals surface area contributed by atoms with E-state index in [2.05, 4.69) is 20.3 Å². The van der Waals surface area contributed by atoms with Crippen LogP contribution >= 0.6 is 0 Å². The van der Waals surface area contributed by atoms with Gasteiger partial charge in [-0.15, -0.1) is 0 Å². The highest BCUT2D eigenvalue weighted by Gasteiger charge is 2.41. The van der Waals surface area contributed by atoms with Crippen molar-refractivity contribution in [2.45, 2.75) is 37.8 Å². The van der Waals surface area contributed by atoms with Gasteiger partial charge in [0.25, 0.3) is 5.56 Å². The predicted molar refractivity (Wildman–Crippen MR) is 83.7 cm³/mol. The van der Waals surface area contributed by atoms with E-state index in [0.717, 1.165) is 25.2 Å². The van der Waals surface area contributed by atoms with Crippen LogP contribution in [0.15, 0.2) is 29.3 Å². The van der Waals surface area contributed by atoms with Gasteiger partial charge in [0, 0.05) is 44.1 Å². The maximum atomic E-state index is 12.6. The zero-order valence-corrected chi connectivity index (χ0v) is 12.7. The Hall–Kier alpha value is -1.79. The number of hydrogen-bond acceptors (Lipinski definition) is 5. The first-order chi connectivity index (χ1) is 10.8. The van der Waals surface area contributed by atoms with E-state index in [4.69, 9.17) is 0 Å². The van der Waals surface area contributed by atoms with Gasteiger partial charge in [0.2, 0.25) is 0 Å². The Bertz CT molecular complexity index is 735. The second-order valence-corrected chi connectivity index (χ2v) is 6.41. The summed E-state index contributed by atoms with van der Waals surface area (Å²) in [4.78, 5) is 19.5. The van der Waals surface area contributed by atoms with Gasteiger partial charge < -0.3 is 5.32 Å². The first-order valence-electron chi connectivity index (χ1n) is 8.06. The minimum atomic E-state index is -0.0442. The Balaban J connectivity index is 1.68. The molecule has 1 N–H and O–H groups in total. The lowest BCUT2D eigenvalue weighted by Gasteiger charge is -2.45. The van der Waals surface area contributed by atoms with Crippen LogP contribution in [0.5, 0.6) is 0 Å². The normalized spacial score (nSPS) is 21.6. The fourth-order valence-electron chi connectivity index (χ4n) is 3.92. The first kappa shape index (κ1) is 13.8. The van der Waals surface area contributed by atoms with E-state index in [1.54, 1.807) is 18.5 Å². The van der Waals surface area contributed by atoms with Crippen molar-refractivity contribution < 1.29 is 0 Å². The van der Waals surface area contributed by atoms with Crippen molar-refractivity contribution in [3.63, 3.8) is 0 Å². The minimum absolute atomic E-state index is 0.0442. The van der Waals surface area contributed by atoms with Crippen LogP contribution in [-0.4, -0.2) is 44.7 Å². The molecule has 2 fully saturated rings. The van der Waals surface area contributed by atoms with E-state index in [-0.39, 0.29) is 11.1 Å². The third kappa shape index (κ3) is 2.23. The van der Waals surface area contributed by atoms with Crippen molar-refractivity contribution in [1.82, 2.24) is 24.8 Å². The predicted octanol–water partition coefficient (Wildman–Crippen LogP) is 0.807. The maximum Gasteiger partial charge on any atom is 0.278 e. The number of piperazine rings is 1. The molecule has 0 amide bonds.